The zero-order valence-electron chi connectivity index (χ0n) is 13.3. The lowest BCUT2D eigenvalue weighted by Gasteiger charge is -2.28. The standard InChI is InChI=1S/C16H34N2/c1-6-11-17-15-9-7-8-14(15)10-12-18(5)13-16(2,3)4/h14-15,17H,6-13H2,1-5H3. The van der Waals surface area contributed by atoms with Gasteiger partial charge in [-0.25, -0.2) is 0 Å². The van der Waals surface area contributed by atoms with Crippen LogP contribution in [-0.2, 0) is 0 Å². The van der Waals surface area contributed by atoms with Crippen LogP contribution in [-0.4, -0.2) is 37.6 Å². The fraction of sp³-hybridized carbons (Fsp3) is 1.00. The first-order valence-corrected chi connectivity index (χ1v) is 7.84. The van der Waals surface area contributed by atoms with E-state index >= 15 is 0 Å². The minimum Gasteiger partial charge on any atom is -0.314 e. The van der Waals surface area contributed by atoms with Gasteiger partial charge in [-0.2, -0.15) is 0 Å². The van der Waals surface area contributed by atoms with E-state index < -0.39 is 0 Å². The van der Waals surface area contributed by atoms with Crippen LogP contribution in [0.2, 0.25) is 0 Å². The zero-order valence-corrected chi connectivity index (χ0v) is 13.3. The molecule has 2 unspecified atom stereocenters. The summed E-state index contributed by atoms with van der Waals surface area (Å²) in [7, 11) is 2.27. The number of hydrogen-bond donors (Lipinski definition) is 1. The van der Waals surface area contributed by atoms with E-state index in [0.717, 1.165) is 12.0 Å². The molecule has 1 saturated carbocycles. The van der Waals surface area contributed by atoms with Crippen molar-refractivity contribution in [1.29, 1.82) is 0 Å². The lowest BCUT2D eigenvalue weighted by Crippen LogP contribution is -2.36. The Kier molecular flexibility index (Phi) is 6.65. The molecule has 2 heteroatoms. The SMILES string of the molecule is CCCNC1CCCC1CCN(C)CC(C)(C)C. The van der Waals surface area contributed by atoms with E-state index in [9.17, 15) is 0 Å². The van der Waals surface area contributed by atoms with Crippen molar-refractivity contribution >= 4 is 0 Å². The Morgan fingerprint density at radius 2 is 1.94 bits per heavy atom. The molecular formula is C16H34N2. The molecule has 1 fully saturated rings. The molecule has 2 atom stereocenters. The summed E-state index contributed by atoms with van der Waals surface area (Å²) in [4.78, 5) is 2.51. The zero-order chi connectivity index (χ0) is 13.6. The van der Waals surface area contributed by atoms with Crippen LogP contribution in [0.1, 0.15) is 59.8 Å². The fourth-order valence-corrected chi connectivity index (χ4v) is 3.26. The fourth-order valence-electron chi connectivity index (χ4n) is 3.26. The molecule has 18 heavy (non-hydrogen) atoms. The van der Waals surface area contributed by atoms with Crippen molar-refractivity contribution < 1.29 is 0 Å². The van der Waals surface area contributed by atoms with Crippen LogP contribution >= 0.6 is 0 Å². The van der Waals surface area contributed by atoms with Gasteiger partial charge in [-0.15, -0.1) is 0 Å². The summed E-state index contributed by atoms with van der Waals surface area (Å²) in [6.07, 6.45) is 6.88. The molecule has 1 rings (SSSR count). The topological polar surface area (TPSA) is 15.3 Å². The maximum atomic E-state index is 3.73. The van der Waals surface area contributed by atoms with Crippen LogP contribution in [0.25, 0.3) is 0 Å². The molecule has 1 aliphatic carbocycles. The van der Waals surface area contributed by atoms with Crippen molar-refractivity contribution in [1.82, 2.24) is 10.2 Å². The summed E-state index contributed by atoms with van der Waals surface area (Å²) in [5, 5.41) is 3.73. The van der Waals surface area contributed by atoms with Crippen molar-refractivity contribution in [3.63, 3.8) is 0 Å². The molecule has 1 aliphatic rings. The molecule has 1 N–H and O–H groups in total. The maximum absolute atomic E-state index is 3.73. The van der Waals surface area contributed by atoms with E-state index in [4.69, 9.17) is 0 Å². The summed E-state index contributed by atoms with van der Waals surface area (Å²) < 4.78 is 0. The summed E-state index contributed by atoms with van der Waals surface area (Å²) >= 11 is 0. The molecule has 0 amide bonds. The Hall–Kier alpha value is -0.0800. The summed E-state index contributed by atoms with van der Waals surface area (Å²) in [5.41, 5.74) is 0.421. The Morgan fingerprint density at radius 3 is 2.56 bits per heavy atom. The second-order valence-corrected chi connectivity index (χ2v) is 7.34. The summed E-state index contributed by atoms with van der Waals surface area (Å²) in [6.45, 7) is 12.9. The van der Waals surface area contributed by atoms with E-state index in [2.05, 4.69) is 45.0 Å². The Bertz CT molecular complexity index is 220. The van der Waals surface area contributed by atoms with Crippen molar-refractivity contribution in [3.05, 3.63) is 0 Å². The second-order valence-electron chi connectivity index (χ2n) is 7.34. The van der Waals surface area contributed by atoms with Gasteiger partial charge in [0.05, 0.1) is 0 Å². The third-order valence-corrected chi connectivity index (χ3v) is 3.94. The Morgan fingerprint density at radius 1 is 1.22 bits per heavy atom. The number of nitrogens with zero attached hydrogens (tertiary/aromatic N) is 1. The first kappa shape index (κ1) is 16.0. The number of rotatable bonds is 7. The van der Waals surface area contributed by atoms with Crippen LogP contribution < -0.4 is 5.32 Å². The number of hydrogen-bond acceptors (Lipinski definition) is 2. The van der Waals surface area contributed by atoms with Crippen molar-refractivity contribution in [2.45, 2.75) is 65.8 Å². The maximum Gasteiger partial charge on any atom is 0.00958 e. The van der Waals surface area contributed by atoms with Crippen LogP contribution in [0.5, 0.6) is 0 Å². The molecule has 0 aromatic rings. The van der Waals surface area contributed by atoms with Gasteiger partial charge >= 0.3 is 0 Å². The Balaban J connectivity index is 2.24. The minimum atomic E-state index is 0.421. The third kappa shape index (κ3) is 6.19. The van der Waals surface area contributed by atoms with E-state index in [1.54, 1.807) is 0 Å². The second kappa shape index (κ2) is 7.49. The lowest BCUT2D eigenvalue weighted by molar-refractivity contribution is 0.209. The average molecular weight is 254 g/mol. The molecular weight excluding hydrogens is 220 g/mol. The van der Waals surface area contributed by atoms with Gasteiger partial charge in [-0.3, -0.25) is 0 Å². The highest BCUT2D eigenvalue weighted by atomic mass is 15.1. The van der Waals surface area contributed by atoms with Crippen LogP contribution in [0.3, 0.4) is 0 Å². The van der Waals surface area contributed by atoms with Gasteiger partial charge in [0, 0.05) is 12.6 Å². The van der Waals surface area contributed by atoms with Crippen LogP contribution in [0.15, 0.2) is 0 Å². The van der Waals surface area contributed by atoms with Gasteiger partial charge in [0.25, 0.3) is 0 Å². The molecule has 0 aromatic carbocycles. The summed E-state index contributed by atoms with van der Waals surface area (Å²) in [5.74, 6) is 0.916. The van der Waals surface area contributed by atoms with E-state index in [1.165, 1.54) is 51.7 Å². The molecule has 0 radical (unpaired) electrons. The molecule has 0 spiro atoms. The first-order chi connectivity index (χ1) is 8.42. The minimum absolute atomic E-state index is 0.421. The normalized spacial score (nSPS) is 25.0. The highest BCUT2D eigenvalue weighted by molar-refractivity contribution is 4.83. The highest BCUT2D eigenvalue weighted by Gasteiger charge is 2.26. The van der Waals surface area contributed by atoms with Crippen molar-refractivity contribution in [2.75, 3.05) is 26.7 Å². The molecule has 108 valence electrons. The molecule has 0 aliphatic heterocycles. The quantitative estimate of drug-likeness (QED) is 0.748. The molecule has 0 saturated heterocycles. The molecule has 0 heterocycles. The van der Waals surface area contributed by atoms with Crippen molar-refractivity contribution in [2.24, 2.45) is 11.3 Å². The van der Waals surface area contributed by atoms with Gasteiger partial charge in [-0.1, -0.05) is 34.1 Å². The smallest absolute Gasteiger partial charge is 0.00958 e. The van der Waals surface area contributed by atoms with Crippen molar-refractivity contribution in [3.8, 4) is 0 Å². The van der Waals surface area contributed by atoms with Gasteiger partial charge in [-0.05, 0) is 57.2 Å². The Labute approximate surface area is 115 Å². The van der Waals surface area contributed by atoms with Gasteiger partial charge in [0.2, 0.25) is 0 Å². The van der Waals surface area contributed by atoms with Gasteiger partial charge in [0.15, 0.2) is 0 Å². The van der Waals surface area contributed by atoms with E-state index in [-0.39, 0.29) is 0 Å². The van der Waals surface area contributed by atoms with Crippen LogP contribution in [0.4, 0.5) is 0 Å². The van der Waals surface area contributed by atoms with E-state index in [1.807, 2.05) is 0 Å². The van der Waals surface area contributed by atoms with Gasteiger partial charge in [0.1, 0.15) is 0 Å². The molecule has 0 bridgehead atoms. The highest BCUT2D eigenvalue weighted by Crippen LogP contribution is 2.28. The van der Waals surface area contributed by atoms with Gasteiger partial charge < -0.3 is 10.2 Å². The first-order valence-electron chi connectivity index (χ1n) is 7.84. The molecule has 0 aromatic heterocycles. The average Bonchev–Trinajstić information content (AvgIpc) is 2.68. The monoisotopic (exact) mass is 254 g/mol. The van der Waals surface area contributed by atoms with E-state index in [0.29, 0.717) is 5.41 Å². The predicted octanol–water partition coefficient (Wildman–Crippen LogP) is 3.52. The largest absolute Gasteiger partial charge is 0.314 e. The lowest BCUT2D eigenvalue weighted by atomic mass is 9.95. The predicted molar refractivity (Wildman–Crippen MR) is 81.0 cm³/mol. The number of nitrogens with one attached hydrogen (secondary N) is 1. The van der Waals surface area contributed by atoms with Crippen LogP contribution in [0, 0.1) is 11.3 Å². The summed E-state index contributed by atoms with van der Waals surface area (Å²) in [6, 6.07) is 0.799. The third-order valence-electron chi connectivity index (χ3n) is 3.94. The molecule has 2 nitrogen and oxygen atoms in total.